The zero-order valence-corrected chi connectivity index (χ0v) is 20.2. The number of nitrogens with one attached hydrogen (secondary N) is 5. The molecule has 38 heavy (non-hydrogen) atoms. The Kier molecular flexibility index (Phi) is 9.38. The van der Waals surface area contributed by atoms with E-state index in [-0.39, 0.29) is 6.42 Å². The molecule has 0 bridgehead atoms. The predicted molar refractivity (Wildman–Crippen MR) is 131 cm³/mol. The van der Waals surface area contributed by atoms with E-state index in [1.54, 1.807) is 30.5 Å². The lowest BCUT2D eigenvalue weighted by atomic mass is 10.0. The van der Waals surface area contributed by atoms with Crippen molar-refractivity contribution < 1.29 is 44.1 Å². The van der Waals surface area contributed by atoms with Gasteiger partial charge in [0, 0.05) is 23.5 Å². The number of carbonyl (C=O) groups excluding carboxylic acids is 3. The smallest absolute Gasteiger partial charge is 0.326 e. The van der Waals surface area contributed by atoms with Crippen LogP contribution in [0.3, 0.4) is 0 Å². The summed E-state index contributed by atoms with van der Waals surface area (Å²) in [7, 11) is 0. The third-order valence-electron chi connectivity index (χ3n) is 6.11. The molecule has 2 aromatic rings. The van der Waals surface area contributed by atoms with E-state index in [2.05, 4.69) is 26.3 Å². The van der Waals surface area contributed by atoms with Gasteiger partial charge < -0.3 is 41.6 Å². The fourth-order valence-corrected chi connectivity index (χ4v) is 4.21. The number of para-hydroxylation sites is 1. The molecular formula is C24H29N5O9. The van der Waals surface area contributed by atoms with Crippen molar-refractivity contribution in [2.24, 2.45) is 0 Å². The van der Waals surface area contributed by atoms with E-state index in [0.29, 0.717) is 18.5 Å². The Morgan fingerprint density at radius 1 is 0.868 bits per heavy atom. The molecule has 3 amide bonds. The van der Waals surface area contributed by atoms with E-state index in [0.717, 1.165) is 17.3 Å². The first-order valence-electron chi connectivity index (χ1n) is 11.9. The van der Waals surface area contributed by atoms with Crippen LogP contribution in [0.1, 0.15) is 31.2 Å². The second kappa shape index (κ2) is 12.7. The fraction of sp³-hybridized carbons (Fsp3) is 0.417. The average molecular weight is 532 g/mol. The van der Waals surface area contributed by atoms with E-state index in [4.69, 9.17) is 5.11 Å². The fourth-order valence-electron chi connectivity index (χ4n) is 4.21. The Morgan fingerprint density at radius 3 is 2.13 bits per heavy atom. The second-order valence-electron chi connectivity index (χ2n) is 8.93. The number of carbonyl (C=O) groups is 6. The van der Waals surface area contributed by atoms with Crippen LogP contribution in [0.2, 0.25) is 0 Å². The summed E-state index contributed by atoms with van der Waals surface area (Å²) in [4.78, 5) is 75.8. The van der Waals surface area contributed by atoms with Gasteiger partial charge in [0.25, 0.3) is 0 Å². The highest BCUT2D eigenvalue weighted by molar-refractivity contribution is 5.96. The summed E-state index contributed by atoms with van der Waals surface area (Å²) in [6, 6.07) is 1.80. The summed E-state index contributed by atoms with van der Waals surface area (Å²) in [5, 5.41) is 38.2. The van der Waals surface area contributed by atoms with Gasteiger partial charge in [0.05, 0.1) is 18.9 Å². The van der Waals surface area contributed by atoms with Gasteiger partial charge in [-0.1, -0.05) is 18.2 Å². The van der Waals surface area contributed by atoms with Crippen molar-refractivity contribution in [2.75, 3.05) is 6.54 Å². The molecule has 14 nitrogen and oxygen atoms in total. The van der Waals surface area contributed by atoms with E-state index in [1.165, 1.54) is 0 Å². The molecule has 4 atom stereocenters. The summed E-state index contributed by atoms with van der Waals surface area (Å²) in [6.45, 7) is 0.599. The van der Waals surface area contributed by atoms with Crippen LogP contribution < -0.4 is 21.3 Å². The molecule has 1 fully saturated rings. The van der Waals surface area contributed by atoms with Crippen LogP contribution in [-0.2, 0) is 35.2 Å². The number of benzene rings is 1. The van der Waals surface area contributed by atoms with Gasteiger partial charge in [0.1, 0.15) is 18.1 Å². The van der Waals surface area contributed by atoms with Crippen LogP contribution in [0, 0.1) is 0 Å². The summed E-state index contributed by atoms with van der Waals surface area (Å²) < 4.78 is 0. The lowest BCUT2D eigenvalue weighted by Crippen LogP contribution is -2.58. The third kappa shape index (κ3) is 7.52. The van der Waals surface area contributed by atoms with Crippen LogP contribution in [0.4, 0.5) is 0 Å². The van der Waals surface area contributed by atoms with Crippen molar-refractivity contribution in [3.8, 4) is 0 Å². The van der Waals surface area contributed by atoms with Crippen molar-refractivity contribution in [3.63, 3.8) is 0 Å². The average Bonchev–Trinajstić information content (AvgIpc) is 3.53. The van der Waals surface area contributed by atoms with Gasteiger partial charge in [0.2, 0.25) is 17.7 Å². The van der Waals surface area contributed by atoms with Crippen LogP contribution in [-0.4, -0.2) is 86.6 Å². The van der Waals surface area contributed by atoms with Gasteiger partial charge in [-0.05, 0) is 31.0 Å². The van der Waals surface area contributed by atoms with E-state index in [9.17, 15) is 39.0 Å². The number of H-pyrrole nitrogens is 1. The van der Waals surface area contributed by atoms with Crippen molar-refractivity contribution in [1.29, 1.82) is 0 Å². The SMILES string of the molecule is O=C(O)CC(NC(=O)C(Cc1c[nH]c2ccccc12)NC(=O)C(CC(=O)O)NC(=O)C1CCCN1)C(=O)O. The number of aromatic nitrogens is 1. The first-order valence-corrected chi connectivity index (χ1v) is 11.9. The summed E-state index contributed by atoms with van der Waals surface area (Å²) >= 11 is 0. The highest BCUT2D eigenvalue weighted by Crippen LogP contribution is 2.19. The quantitative estimate of drug-likeness (QED) is 0.156. The van der Waals surface area contributed by atoms with Gasteiger partial charge in [-0.2, -0.15) is 0 Å². The zero-order chi connectivity index (χ0) is 27.8. The van der Waals surface area contributed by atoms with Gasteiger partial charge in [-0.15, -0.1) is 0 Å². The Morgan fingerprint density at radius 2 is 1.50 bits per heavy atom. The van der Waals surface area contributed by atoms with Gasteiger partial charge >= 0.3 is 17.9 Å². The minimum Gasteiger partial charge on any atom is -0.481 e. The van der Waals surface area contributed by atoms with Crippen molar-refractivity contribution in [2.45, 2.75) is 56.3 Å². The predicted octanol–water partition coefficient (Wildman–Crippen LogP) is -1.05. The zero-order valence-electron chi connectivity index (χ0n) is 20.2. The number of carboxylic acids is 3. The number of amides is 3. The molecule has 1 aliphatic heterocycles. The molecule has 1 aromatic heterocycles. The van der Waals surface area contributed by atoms with Crippen molar-refractivity contribution in [3.05, 3.63) is 36.0 Å². The van der Waals surface area contributed by atoms with Crippen LogP contribution in [0.15, 0.2) is 30.5 Å². The lowest BCUT2D eigenvalue weighted by Gasteiger charge is -2.24. The summed E-state index contributed by atoms with van der Waals surface area (Å²) in [6.07, 6.45) is 1.05. The minimum atomic E-state index is -1.77. The number of carboxylic acid groups (broad SMARTS) is 3. The molecule has 1 aromatic carbocycles. The number of rotatable bonds is 13. The first-order chi connectivity index (χ1) is 18.0. The number of hydrogen-bond acceptors (Lipinski definition) is 7. The molecule has 0 radical (unpaired) electrons. The number of hydrogen-bond donors (Lipinski definition) is 8. The summed E-state index contributed by atoms with van der Waals surface area (Å²) in [5.41, 5.74) is 1.32. The molecule has 0 spiro atoms. The highest BCUT2D eigenvalue weighted by atomic mass is 16.4. The van der Waals surface area contributed by atoms with Gasteiger partial charge in [-0.3, -0.25) is 24.0 Å². The van der Waals surface area contributed by atoms with Crippen LogP contribution in [0.5, 0.6) is 0 Å². The molecular weight excluding hydrogens is 502 g/mol. The molecule has 0 aliphatic carbocycles. The molecule has 4 unspecified atom stereocenters. The standard InChI is InChI=1S/C24H29N5O9/c30-19(31)9-17(28-21(34)15-6-3-7-25-15)23(36)27-16(22(35)29-18(24(37)38)10-20(32)33)8-12-11-26-14-5-2-1-4-13(12)14/h1-2,4-5,11,15-18,25-26H,3,6-10H2,(H,27,36)(H,28,34)(H,29,35)(H,30,31)(H,32,33)(H,37,38). The van der Waals surface area contributed by atoms with Gasteiger partial charge in [-0.25, -0.2) is 4.79 Å². The molecule has 8 N–H and O–H groups in total. The summed E-state index contributed by atoms with van der Waals surface area (Å²) in [5.74, 6) is -6.93. The number of fused-ring (bicyclic) bond motifs is 1. The maximum atomic E-state index is 13.1. The molecule has 204 valence electrons. The van der Waals surface area contributed by atoms with Gasteiger partial charge in [0.15, 0.2) is 0 Å². The molecule has 1 aliphatic rings. The topological polar surface area (TPSA) is 227 Å². The largest absolute Gasteiger partial charge is 0.481 e. The Balaban J connectivity index is 1.84. The third-order valence-corrected chi connectivity index (χ3v) is 6.11. The number of aliphatic carboxylic acids is 3. The normalized spacial score (nSPS) is 17.2. The lowest BCUT2D eigenvalue weighted by molar-refractivity contribution is -0.147. The molecule has 3 rings (SSSR count). The monoisotopic (exact) mass is 531 g/mol. The Hall–Kier alpha value is -4.46. The van der Waals surface area contributed by atoms with E-state index < -0.39 is 72.6 Å². The maximum absolute atomic E-state index is 13.1. The highest BCUT2D eigenvalue weighted by Gasteiger charge is 2.33. The van der Waals surface area contributed by atoms with E-state index in [1.807, 2.05) is 0 Å². The van der Waals surface area contributed by atoms with Crippen LogP contribution in [0.25, 0.3) is 10.9 Å². The molecule has 1 saturated heterocycles. The molecule has 2 heterocycles. The van der Waals surface area contributed by atoms with E-state index >= 15 is 0 Å². The Bertz CT molecular complexity index is 1220. The van der Waals surface area contributed by atoms with Crippen molar-refractivity contribution >= 4 is 46.5 Å². The Labute approximate surface area is 216 Å². The maximum Gasteiger partial charge on any atom is 0.326 e. The molecule has 0 saturated carbocycles. The number of aromatic amines is 1. The van der Waals surface area contributed by atoms with Crippen molar-refractivity contribution in [1.82, 2.24) is 26.3 Å². The second-order valence-corrected chi connectivity index (χ2v) is 8.93. The first kappa shape index (κ1) is 28.1. The molecule has 14 heteroatoms. The minimum absolute atomic E-state index is 0.140. The van der Waals surface area contributed by atoms with Crippen LogP contribution >= 0.6 is 0 Å².